The average Bonchev–Trinajstić information content (AvgIpc) is 2.97. The Morgan fingerprint density at radius 3 is 3.18 bits per heavy atom. The fourth-order valence-electron chi connectivity index (χ4n) is 2.31. The van der Waals surface area contributed by atoms with Gasteiger partial charge in [-0.15, -0.1) is 0 Å². The first kappa shape index (κ1) is 14.3. The van der Waals surface area contributed by atoms with E-state index in [1.807, 2.05) is 0 Å². The average molecular weight is 303 g/mol. The van der Waals surface area contributed by atoms with E-state index in [1.165, 1.54) is 16.9 Å². The number of rotatable bonds is 5. The Kier molecular flexibility index (Phi) is 4.17. The van der Waals surface area contributed by atoms with Crippen LogP contribution in [0.3, 0.4) is 0 Å². The number of hydrogen-bond donors (Lipinski definition) is 1. The van der Waals surface area contributed by atoms with Crippen LogP contribution in [0, 0.1) is 0 Å². The number of amides is 1. The van der Waals surface area contributed by atoms with Crippen molar-refractivity contribution >= 4 is 5.91 Å². The summed E-state index contributed by atoms with van der Waals surface area (Å²) in [6, 6.07) is 3.06. The van der Waals surface area contributed by atoms with Crippen molar-refractivity contribution in [2.75, 3.05) is 13.2 Å². The van der Waals surface area contributed by atoms with Crippen LogP contribution in [-0.2, 0) is 13.1 Å². The molecule has 1 amide bonds. The molecule has 0 aliphatic carbocycles. The Labute approximate surface area is 126 Å². The number of carbonyl (C=O) groups is 1. The molecule has 1 aliphatic rings. The molecule has 0 radical (unpaired) electrons. The highest BCUT2D eigenvalue weighted by atomic mass is 16.5. The van der Waals surface area contributed by atoms with Gasteiger partial charge >= 0.3 is 0 Å². The van der Waals surface area contributed by atoms with Crippen LogP contribution in [0.1, 0.15) is 23.2 Å². The van der Waals surface area contributed by atoms with E-state index in [0.29, 0.717) is 37.6 Å². The molecule has 22 heavy (non-hydrogen) atoms. The summed E-state index contributed by atoms with van der Waals surface area (Å²) in [6.45, 7) is 2.29. The first-order valence-corrected chi connectivity index (χ1v) is 7.24. The van der Waals surface area contributed by atoms with Gasteiger partial charge in [0.25, 0.3) is 11.5 Å². The molecule has 2 aromatic rings. The van der Waals surface area contributed by atoms with Crippen LogP contribution < -0.4 is 15.6 Å². The summed E-state index contributed by atoms with van der Waals surface area (Å²) < 4.78 is 8.56. The zero-order valence-electron chi connectivity index (χ0n) is 12.1. The van der Waals surface area contributed by atoms with Crippen LogP contribution in [0.2, 0.25) is 0 Å². The van der Waals surface area contributed by atoms with Gasteiger partial charge < -0.3 is 10.1 Å². The quantitative estimate of drug-likeness (QED) is 0.788. The van der Waals surface area contributed by atoms with Crippen molar-refractivity contribution in [3.8, 4) is 5.88 Å². The smallest absolute Gasteiger partial charge is 0.266 e. The lowest BCUT2D eigenvalue weighted by molar-refractivity contribution is 0.0946. The molecule has 0 saturated heterocycles. The maximum Gasteiger partial charge on any atom is 0.266 e. The molecule has 0 spiro atoms. The molecule has 2 aromatic heterocycles. The van der Waals surface area contributed by atoms with E-state index in [-0.39, 0.29) is 11.5 Å². The molecule has 8 heteroatoms. The molecule has 0 fully saturated rings. The summed E-state index contributed by atoms with van der Waals surface area (Å²) in [5.41, 5.74) is 0.308. The third-order valence-electron chi connectivity index (χ3n) is 3.41. The molecular formula is C14H17N5O3. The van der Waals surface area contributed by atoms with Crippen molar-refractivity contribution < 1.29 is 9.53 Å². The van der Waals surface area contributed by atoms with Crippen LogP contribution in [0.15, 0.2) is 29.3 Å². The second kappa shape index (κ2) is 6.42. The summed E-state index contributed by atoms with van der Waals surface area (Å²) in [7, 11) is 0. The van der Waals surface area contributed by atoms with Gasteiger partial charge in [0.1, 0.15) is 5.56 Å². The summed E-state index contributed by atoms with van der Waals surface area (Å²) in [5, 5.41) is 10.9. The van der Waals surface area contributed by atoms with Crippen molar-refractivity contribution in [1.29, 1.82) is 0 Å². The minimum absolute atomic E-state index is 0.145. The van der Waals surface area contributed by atoms with E-state index in [4.69, 9.17) is 4.74 Å². The molecule has 1 aliphatic heterocycles. The SMILES string of the molecule is O=C(NCCCn1ncccc1=O)c1cnn2c1OCCC2. The third kappa shape index (κ3) is 3.00. The summed E-state index contributed by atoms with van der Waals surface area (Å²) in [6.07, 6.45) is 4.61. The third-order valence-corrected chi connectivity index (χ3v) is 3.41. The van der Waals surface area contributed by atoms with Crippen LogP contribution in [0.5, 0.6) is 5.88 Å². The molecule has 3 heterocycles. The summed E-state index contributed by atoms with van der Waals surface area (Å²) in [4.78, 5) is 23.6. The fraction of sp³-hybridized carbons (Fsp3) is 0.429. The maximum atomic E-state index is 12.1. The van der Waals surface area contributed by atoms with Crippen molar-refractivity contribution in [2.24, 2.45) is 0 Å². The van der Waals surface area contributed by atoms with Crippen molar-refractivity contribution in [2.45, 2.75) is 25.9 Å². The molecule has 0 saturated carbocycles. The highest BCUT2D eigenvalue weighted by Crippen LogP contribution is 2.21. The van der Waals surface area contributed by atoms with E-state index in [1.54, 1.807) is 16.9 Å². The zero-order valence-corrected chi connectivity index (χ0v) is 12.1. The number of aryl methyl sites for hydroxylation is 2. The van der Waals surface area contributed by atoms with Gasteiger partial charge in [-0.05, 0) is 12.5 Å². The summed E-state index contributed by atoms with van der Waals surface area (Å²) >= 11 is 0. The van der Waals surface area contributed by atoms with E-state index in [9.17, 15) is 9.59 Å². The molecule has 0 aromatic carbocycles. The maximum absolute atomic E-state index is 12.1. The number of nitrogens with zero attached hydrogens (tertiary/aromatic N) is 4. The largest absolute Gasteiger partial charge is 0.477 e. The Morgan fingerprint density at radius 2 is 2.32 bits per heavy atom. The van der Waals surface area contributed by atoms with E-state index < -0.39 is 0 Å². The molecule has 1 N–H and O–H groups in total. The first-order valence-electron chi connectivity index (χ1n) is 7.24. The van der Waals surface area contributed by atoms with E-state index in [2.05, 4.69) is 15.5 Å². The lowest BCUT2D eigenvalue weighted by atomic mass is 10.3. The number of nitrogens with one attached hydrogen (secondary N) is 1. The Balaban J connectivity index is 1.52. The second-order valence-corrected chi connectivity index (χ2v) is 4.98. The van der Waals surface area contributed by atoms with Gasteiger partial charge in [0, 0.05) is 38.3 Å². The normalized spacial score (nSPS) is 13.3. The van der Waals surface area contributed by atoms with Gasteiger partial charge in [-0.3, -0.25) is 9.59 Å². The number of ether oxygens (including phenoxy) is 1. The molecule has 0 atom stereocenters. The predicted octanol–water partition coefficient (Wildman–Crippen LogP) is 0.0424. The Morgan fingerprint density at radius 1 is 1.41 bits per heavy atom. The number of aromatic nitrogens is 4. The monoisotopic (exact) mass is 303 g/mol. The summed E-state index contributed by atoms with van der Waals surface area (Å²) in [5.74, 6) is 0.321. The predicted molar refractivity (Wildman–Crippen MR) is 77.8 cm³/mol. The molecule has 3 rings (SSSR count). The number of fused-ring (bicyclic) bond motifs is 1. The zero-order chi connectivity index (χ0) is 15.4. The Hall–Kier alpha value is -2.64. The van der Waals surface area contributed by atoms with Gasteiger partial charge in [-0.1, -0.05) is 0 Å². The topological polar surface area (TPSA) is 91.0 Å². The molecular weight excluding hydrogens is 286 g/mol. The van der Waals surface area contributed by atoms with Gasteiger partial charge in [-0.2, -0.15) is 10.2 Å². The Bertz CT molecular complexity index is 721. The fourth-order valence-corrected chi connectivity index (χ4v) is 2.31. The van der Waals surface area contributed by atoms with Gasteiger partial charge in [-0.25, -0.2) is 9.36 Å². The second-order valence-electron chi connectivity index (χ2n) is 4.98. The minimum atomic E-state index is -0.212. The van der Waals surface area contributed by atoms with Crippen molar-refractivity contribution in [3.05, 3.63) is 40.4 Å². The first-order chi connectivity index (χ1) is 10.8. The number of carbonyl (C=O) groups excluding carboxylic acids is 1. The highest BCUT2D eigenvalue weighted by molar-refractivity contribution is 5.96. The van der Waals surface area contributed by atoms with Crippen LogP contribution in [0.25, 0.3) is 0 Å². The van der Waals surface area contributed by atoms with E-state index in [0.717, 1.165) is 13.0 Å². The minimum Gasteiger partial charge on any atom is -0.477 e. The lowest BCUT2D eigenvalue weighted by Crippen LogP contribution is -2.28. The lowest BCUT2D eigenvalue weighted by Gasteiger charge is -2.15. The van der Waals surface area contributed by atoms with Gasteiger partial charge in [0.2, 0.25) is 5.88 Å². The molecule has 116 valence electrons. The highest BCUT2D eigenvalue weighted by Gasteiger charge is 2.21. The van der Waals surface area contributed by atoms with E-state index >= 15 is 0 Å². The van der Waals surface area contributed by atoms with Crippen LogP contribution in [-0.4, -0.2) is 38.6 Å². The van der Waals surface area contributed by atoms with Crippen LogP contribution >= 0.6 is 0 Å². The number of hydrogen-bond acceptors (Lipinski definition) is 5. The molecule has 0 unspecified atom stereocenters. The van der Waals surface area contributed by atoms with Crippen LogP contribution in [0.4, 0.5) is 0 Å². The standard InChI is InChI=1S/C14H17N5O3/c20-12-4-1-6-16-18(12)7-2-5-15-13(21)11-10-17-19-8-3-9-22-14(11)19/h1,4,6,10H,2-3,5,7-9H2,(H,15,21). The van der Waals surface area contributed by atoms with Gasteiger partial charge in [0.05, 0.1) is 12.8 Å². The van der Waals surface area contributed by atoms with Gasteiger partial charge in [0.15, 0.2) is 0 Å². The van der Waals surface area contributed by atoms with Crippen molar-refractivity contribution in [1.82, 2.24) is 24.9 Å². The molecule has 0 bridgehead atoms. The van der Waals surface area contributed by atoms with Crippen molar-refractivity contribution in [3.63, 3.8) is 0 Å². The molecule has 8 nitrogen and oxygen atoms in total.